The minimum atomic E-state index is -1.13. The van der Waals surface area contributed by atoms with Gasteiger partial charge in [0, 0.05) is 11.4 Å². The number of aryl methyl sites for hydroxylation is 2. The predicted octanol–water partition coefficient (Wildman–Crippen LogP) is 0.947. The standard InChI is InChI=1S/C10H12N4O2/c1-3-6-5-7(4-2)14-10(11-6)12-8(13-14)9(15)16/h5H,3-4H2,1-2H3,(H,15,16). The molecule has 0 atom stereocenters. The van der Waals surface area contributed by atoms with Gasteiger partial charge in [0.25, 0.3) is 11.6 Å². The number of carboxylic acids is 1. The molecule has 16 heavy (non-hydrogen) atoms. The van der Waals surface area contributed by atoms with Crippen molar-refractivity contribution >= 4 is 11.7 Å². The zero-order valence-electron chi connectivity index (χ0n) is 9.14. The third-order valence-electron chi connectivity index (χ3n) is 2.35. The van der Waals surface area contributed by atoms with Crippen LogP contribution in [-0.2, 0) is 12.8 Å². The van der Waals surface area contributed by atoms with E-state index < -0.39 is 5.97 Å². The van der Waals surface area contributed by atoms with Crippen molar-refractivity contribution in [3.8, 4) is 0 Å². The van der Waals surface area contributed by atoms with Gasteiger partial charge in [-0.25, -0.2) is 14.3 Å². The maximum absolute atomic E-state index is 10.8. The minimum Gasteiger partial charge on any atom is -0.475 e. The third kappa shape index (κ3) is 1.62. The Morgan fingerprint density at radius 1 is 1.38 bits per heavy atom. The van der Waals surface area contributed by atoms with Crippen LogP contribution in [0.1, 0.15) is 35.9 Å². The highest BCUT2D eigenvalue weighted by Gasteiger charge is 2.14. The molecule has 0 aliphatic carbocycles. The molecule has 0 spiro atoms. The van der Waals surface area contributed by atoms with Crippen molar-refractivity contribution in [2.24, 2.45) is 0 Å². The van der Waals surface area contributed by atoms with Gasteiger partial charge in [-0.3, -0.25) is 0 Å². The highest BCUT2D eigenvalue weighted by atomic mass is 16.4. The summed E-state index contributed by atoms with van der Waals surface area (Å²) in [4.78, 5) is 18.9. The normalized spacial score (nSPS) is 10.9. The second-order valence-electron chi connectivity index (χ2n) is 3.40. The van der Waals surface area contributed by atoms with E-state index in [-0.39, 0.29) is 5.82 Å². The molecule has 84 valence electrons. The lowest BCUT2D eigenvalue weighted by Gasteiger charge is -2.02. The largest absolute Gasteiger partial charge is 0.475 e. The monoisotopic (exact) mass is 220 g/mol. The fourth-order valence-corrected chi connectivity index (χ4v) is 1.51. The second-order valence-corrected chi connectivity index (χ2v) is 3.40. The first-order valence-electron chi connectivity index (χ1n) is 5.14. The first-order valence-corrected chi connectivity index (χ1v) is 5.14. The molecule has 0 radical (unpaired) electrons. The summed E-state index contributed by atoms with van der Waals surface area (Å²) >= 11 is 0. The number of hydrogen-bond acceptors (Lipinski definition) is 4. The van der Waals surface area contributed by atoms with Crippen LogP contribution < -0.4 is 0 Å². The van der Waals surface area contributed by atoms with Crippen molar-refractivity contribution in [1.29, 1.82) is 0 Å². The highest BCUT2D eigenvalue weighted by molar-refractivity contribution is 5.83. The summed E-state index contributed by atoms with van der Waals surface area (Å²) < 4.78 is 1.49. The number of hydrogen-bond donors (Lipinski definition) is 1. The van der Waals surface area contributed by atoms with Crippen molar-refractivity contribution < 1.29 is 9.90 Å². The van der Waals surface area contributed by atoms with Crippen molar-refractivity contribution in [3.63, 3.8) is 0 Å². The van der Waals surface area contributed by atoms with E-state index in [2.05, 4.69) is 15.1 Å². The van der Waals surface area contributed by atoms with Crippen LogP contribution in [-0.4, -0.2) is 30.7 Å². The lowest BCUT2D eigenvalue weighted by molar-refractivity contribution is 0.0684. The molecular weight excluding hydrogens is 208 g/mol. The fraction of sp³-hybridized carbons (Fsp3) is 0.400. The van der Waals surface area contributed by atoms with Crippen LogP contribution in [0.5, 0.6) is 0 Å². The van der Waals surface area contributed by atoms with E-state index >= 15 is 0 Å². The van der Waals surface area contributed by atoms with Gasteiger partial charge in [-0.05, 0) is 18.9 Å². The Hall–Kier alpha value is -1.98. The first-order chi connectivity index (χ1) is 7.65. The Morgan fingerprint density at radius 2 is 2.12 bits per heavy atom. The molecule has 0 saturated carbocycles. The molecule has 6 nitrogen and oxygen atoms in total. The van der Waals surface area contributed by atoms with Gasteiger partial charge in [-0.15, -0.1) is 5.10 Å². The average Bonchev–Trinajstić information content (AvgIpc) is 2.71. The first kappa shape index (κ1) is 10.5. The summed E-state index contributed by atoms with van der Waals surface area (Å²) in [6.45, 7) is 3.98. The molecule has 2 rings (SSSR count). The van der Waals surface area contributed by atoms with Gasteiger partial charge in [-0.1, -0.05) is 13.8 Å². The molecule has 0 bridgehead atoms. The molecule has 0 aliphatic heterocycles. The zero-order chi connectivity index (χ0) is 11.7. The second kappa shape index (κ2) is 3.88. The number of carboxylic acid groups (broad SMARTS) is 1. The smallest absolute Gasteiger partial charge is 0.375 e. The number of rotatable bonds is 3. The summed E-state index contributed by atoms with van der Waals surface area (Å²) in [6.07, 6.45) is 1.55. The van der Waals surface area contributed by atoms with Gasteiger partial charge in [0.2, 0.25) is 0 Å². The Kier molecular flexibility index (Phi) is 2.55. The molecule has 2 aromatic heterocycles. The van der Waals surface area contributed by atoms with Crippen LogP contribution >= 0.6 is 0 Å². The van der Waals surface area contributed by atoms with E-state index in [0.717, 1.165) is 24.2 Å². The average molecular weight is 220 g/mol. The topological polar surface area (TPSA) is 80.4 Å². The maximum Gasteiger partial charge on any atom is 0.375 e. The van der Waals surface area contributed by atoms with E-state index in [4.69, 9.17) is 5.11 Å². The number of nitrogens with zero attached hydrogens (tertiary/aromatic N) is 4. The molecule has 2 heterocycles. The maximum atomic E-state index is 10.8. The van der Waals surface area contributed by atoms with Crippen molar-refractivity contribution in [2.45, 2.75) is 26.7 Å². The van der Waals surface area contributed by atoms with E-state index in [9.17, 15) is 4.79 Å². The molecule has 0 amide bonds. The lowest BCUT2D eigenvalue weighted by atomic mass is 10.2. The molecule has 0 fully saturated rings. The Morgan fingerprint density at radius 3 is 2.69 bits per heavy atom. The molecule has 6 heteroatoms. The van der Waals surface area contributed by atoms with Crippen molar-refractivity contribution in [3.05, 3.63) is 23.3 Å². The van der Waals surface area contributed by atoms with Crippen LogP contribution in [0.15, 0.2) is 6.07 Å². The van der Waals surface area contributed by atoms with Gasteiger partial charge in [0.05, 0.1) is 0 Å². The molecule has 0 unspecified atom stereocenters. The highest BCUT2D eigenvalue weighted by Crippen LogP contribution is 2.08. The van der Waals surface area contributed by atoms with Gasteiger partial charge in [0.1, 0.15) is 0 Å². The quantitative estimate of drug-likeness (QED) is 0.832. The number of aromatic nitrogens is 4. The summed E-state index contributed by atoms with van der Waals surface area (Å²) in [6, 6.07) is 1.92. The van der Waals surface area contributed by atoms with Crippen molar-refractivity contribution in [1.82, 2.24) is 19.6 Å². The predicted molar refractivity (Wildman–Crippen MR) is 56.5 cm³/mol. The lowest BCUT2D eigenvalue weighted by Crippen LogP contribution is -2.03. The van der Waals surface area contributed by atoms with Gasteiger partial charge in [0.15, 0.2) is 0 Å². The Labute approximate surface area is 92.0 Å². The van der Waals surface area contributed by atoms with Gasteiger partial charge in [-0.2, -0.15) is 4.98 Å². The summed E-state index contributed by atoms with van der Waals surface area (Å²) in [5, 5.41) is 12.7. The minimum absolute atomic E-state index is 0.213. The van der Waals surface area contributed by atoms with E-state index in [0.29, 0.717) is 5.78 Å². The SMILES string of the molecule is CCc1cc(CC)n2nc(C(=O)O)nc2n1. The van der Waals surface area contributed by atoms with Crippen LogP contribution in [0.25, 0.3) is 5.78 Å². The number of carbonyl (C=O) groups is 1. The molecule has 1 N–H and O–H groups in total. The molecule has 0 aromatic carbocycles. The number of fused-ring (bicyclic) bond motifs is 1. The van der Waals surface area contributed by atoms with E-state index in [1.807, 2.05) is 19.9 Å². The van der Waals surface area contributed by atoms with Crippen LogP contribution in [0, 0.1) is 0 Å². The van der Waals surface area contributed by atoms with Crippen LogP contribution in [0.4, 0.5) is 0 Å². The van der Waals surface area contributed by atoms with E-state index in [1.54, 1.807) is 0 Å². The fourth-order valence-electron chi connectivity index (χ4n) is 1.51. The van der Waals surface area contributed by atoms with Crippen molar-refractivity contribution in [2.75, 3.05) is 0 Å². The van der Waals surface area contributed by atoms with Crippen LogP contribution in [0.2, 0.25) is 0 Å². The van der Waals surface area contributed by atoms with Gasteiger partial charge < -0.3 is 5.11 Å². The zero-order valence-corrected chi connectivity index (χ0v) is 9.14. The molecule has 0 aliphatic rings. The number of aromatic carboxylic acids is 1. The van der Waals surface area contributed by atoms with E-state index in [1.165, 1.54) is 4.52 Å². The molecular formula is C10H12N4O2. The third-order valence-corrected chi connectivity index (χ3v) is 2.35. The summed E-state index contributed by atoms with van der Waals surface area (Å²) in [5.41, 5.74) is 1.82. The van der Waals surface area contributed by atoms with Gasteiger partial charge >= 0.3 is 5.97 Å². The summed E-state index contributed by atoms with van der Waals surface area (Å²) in [5.74, 6) is -0.991. The Balaban J connectivity index is 2.69. The van der Waals surface area contributed by atoms with Crippen LogP contribution in [0.3, 0.4) is 0 Å². The molecule has 0 saturated heterocycles. The summed E-state index contributed by atoms with van der Waals surface area (Å²) in [7, 11) is 0. The molecule has 2 aromatic rings. The Bertz CT molecular complexity index is 547.